The number of benzene rings is 1. The minimum absolute atomic E-state index is 0.111. The lowest BCUT2D eigenvalue weighted by molar-refractivity contribution is 0.447. The van der Waals surface area contributed by atoms with Gasteiger partial charge in [-0.2, -0.15) is 0 Å². The summed E-state index contributed by atoms with van der Waals surface area (Å²) in [5.41, 5.74) is 1.92. The molecular formula is C12H16FNO. The number of aromatic hydroxyl groups is 1. The Morgan fingerprint density at radius 2 is 2.20 bits per heavy atom. The van der Waals surface area contributed by atoms with Crippen molar-refractivity contribution in [3.05, 3.63) is 28.6 Å². The normalized spacial score (nSPS) is 20.9. The second-order valence-corrected chi connectivity index (χ2v) is 4.21. The maximum Gasteiger partial charge on any atom is 0.126 e. The van der Waals surface area contributed by atoms with Crippen molar-refractivity contribution in [3.63, 3.8) is 0 Å². The van der Waals surface area contributed by atoms with E-state index in [0.29, 0.717) is 11.1 Å². The molecule has 1 aliphatic heterocycles. The molecule has 1 aliphatic rings. The van der Waals surface area contributed by atoms with E-state index in [0.717, 1.165) is 24.9 Å². The van der Waals surface area contributed by atoms with Gasteiger partial charge in [-0.05, 0) is 50.4 Å². The maximum atomic E-state index is 13.5. The van der Waals surface area contributed by atoms with E-state index in [9.17, 15) is 9.50 Å². The van der Waals surface area contributed by atoms with Crippen LogP contribution < -0.4 is 5.32 Å². The van der Waals surface area contributed by atoms with Gasteiger partial charge in [0.1, 0.15) is 11.6 Å². The monoisotopic (exact) mass is 209 g/mol. The fourth-order valence-corrected chi connectivity index (χ4v) is 2.24. The Labute approximate surface area is 89.1 Å². The molecule has 0 aliphatic carbocycles. The average molecular weight is 209 g/mol. The summed E-state index contributed by atoms with van der Waals surface area (Å²) in [4.78, 5) is 0. The number of nitrogens with one attached hydrogen (secondary N) is 1. The molecule has 1 aromatic carbocycles. The fraction of sp³-hybridized carbons (Fsp3) is 0.500. The van der Waals surface area contributed by atoms with Gasteiger partial charge in [-0.1, -0.05) is 0 Å². The lowest BCUT2D eigenvalue weighted by Crippen LogP contribution is -2.15. The van der Waals surface area contributed by atoms with Gasteiger partial charge in [0, 0.05) is 11.6 Å². The third kappa shape index (κ3) is 1.72. The van der Waals surface area contributed by atoms with Crippen LogP contribution in [0.3, 0.4) is 0 Å². The van der Waals surface area contributed by atoms with E-state index < -0.39 is 0 Å². The second-order valence-electron chi connectivity index (χ2n) is 4.21. The number of halogens is 1. The van der Waals surface area contributed by atoms with Gasteiger partial charge in [-0.3, -0.25) is 0 Å². The van der Waals surface area contributed by atoms with Crippen molar-refractivity contribution in [2.45, 2.75) is 32.7 Å². The molecule has 1 unspecified atom stereocenters. The van der Waals surface area contributed by atoms with E-state index >= 15 is 0 Å². The van der Waals surface area contributed by atoms with Crippen molar-refractivity contribution < 1.29 is 9.50 Å². The molecule has 0 amide bonds. The van der Waals surface area contributed by atoms with E-state index in [2.05, 4.69) is 5.32 Å². The molecular weight excluding hydrogens is 193 g/mol. The second kappa shape index (κ2) is 3.81. The van der Waals surface area contributed by atoms with E-state index in [1.165, 1.54) is 6.07 Å². The van der Waals surface area contributed by atoms with Crippen molar-refractivity contribution in [2.75, 3.05) is 6.54 Å². The smallest absolute Gasteiger partial charge is 0.126 e. The first-order chi connectivity index (χ1) is 7.11. The average Bonchev–Trinajstić information content (AvgIpc) is 2.69. The Morgan fingerprint density at radius 3 is 2.80 bits per heavy atom. The molecule has 1 heterocycles. The largest absolute Gasteiger partial charge is 0.507 e. The number of rotatable bonds is 1. The molecule has 1 aromatic rings. The van der Waals surface area contributed by atoms with Crippen molar-refractivity contribution in [2.24, 2.45) is 0 Å². The van der Waals surface area contributed by atoms with Gasteiger partial charge in [0.05, 0.1) is 0 Å². The number of hydrogen-bond donors (Lipinski definition) is 2. The number of hydrogen-bond acceptors (Lipinski definition) is 2. The quantitative estimate of drug-likeness (QED) is 0.745. The summed E-state index contributed by atoms with van der Waals surface area (Å²) < 4.78 is 13.5. The molecule has 0 radical (unpaired) electrons. The van der Waals surface area contributed by atoms with Gasteiger partial charge in [-0.15, -0.1) is 0 Å². The first-order valence-electron chi connectivity index (χ1n) is 5.33. The lowest BCUT2D eigenvalue weighted by Gasteiger charge is -2.17. The molecule has 0 saturated carbocycles. The molecule has 2 rings (SSSR count). The van der Waals surface area contributed by atoms with Crippen molar-refractivity contribution in [1.82, 2.24) is 5.32 Å². The van der Waals surface area contributed by atoms with E-state index in [1.54, 1.807) is 13.8 Å². The summed E-state index contributed by atoms with van der Waals surface area (Å²) in [6, 6.07) is 1.50. The van der Waals surface area contributed by atoms with Crippen LogP contribution in [0, 0.1) is 19.7 Å². The predicted molar refractivity (Wildman–Crippen MR) is 57.5 cm³/mol. The highest BCUT2D eigenvalue weighted by molar-refractivity contribution is 5.47. The van der Waals surface area contributed by atoms with E-state index in [-0.39, 0.29) is 17.6 Å². The van der Waals surface area contributed by atoms with Crippen LogP contribution in [0.5, 0.6) is 5.75 Å². The van der Waals surface area contributed by atoms with Gasteiger partial charge >= 0.3 is 0 Å². The van der Waals surface area contributed by atoms with Crippen LogP contribution >= 0.6 is 0 Å². The SMILES string of the molecule is Cc1cc(F)c(C)c(C2CCCN2)c1O. The molecule has 0 spiro atoms. The van der Waals surface area contributed by atoms with Crippen molar-refractivity contribution in [3.8, 4) is 5.75 Å². The molecule has 0 bridgehead atoms. The van der Waals surface area contributed by atoms with Gasteiger partial charge in [0.15, 0.2) is 0 Å². The molecule has 2 N–H and O–H groups in total. The van der Waals surface area contributed by atoms with Gasteiger partial charge < -0.3 is 10.4 Å². The van der Waals surface area contributed by atoms with Crippen LogP contribution in [0.15, 0.2) is 6.07 Å². The molecule has 1 fully saturated rings. The zero-order chi connectivity index (χ0) is 11.0. The van der Waals surface area contributed by atoms with Gasteiger partial charge in [-0.25, -0.2) is 4.39 Å². The summed E-state index contributed by atoms with van der Waals surface area (Å²) in [5.74, 6) is 0.0160. The highest BCUT2D eigenvalue weighted by Gasteiger charge is 2.23. The highest BCUT2D eigenvalue weighted by atomic mass is 19.1. The van der Waals surface area contributed by atoms with Crippen LogP contribution in [-0.2, 0) is 0 Å². The fourth-order valence-electron chi connectivity index (χ4n) is 2.24. The van der Waals surface area contributed by atoms with Crippen LogP contribution in [-0.4, -0.2) is 11.7 Å². The Hall–Kier alpha value is -1.09. The zero-order valence-corrected chi connectivity index (χ0v) is 9.10. The van der Waals surface area contributed by atoms with Crippen LogP contribution in [0.25, 0.3) is 0 Å². The molecule has 2 nitrogen and oxygen atoms in total. The summed E-state index contributed by atoms with van der Waals surface area (Å²) >= 11 is 0. The Balaban J connectivity index is 2.52. The van der Waals surface area contributed by atoms with E-state index in [1.807, 2.05) is 0 Å². The topological polar surface area (TPSA) is 32.3 Å². The molecule has 3 heteroatoms. The van der Waals surface area contributed by atoms with Crippen LogP contribution in [0.1, 0.15) is 35.6 Å². The molecule has 1 saturated heterocycles. The third-order valence-electron chi connectivity index (χ3n) is 3.14. The summed E-state index contributed by atoms with van der Waals surface area (Å²) in [6.45, 7) is 4.40. The molecule has 1 atom stereocenters. The van der Waals surface area contributed by atoms with Crippen molar-refractivity contribution in [1.29, 1.82) is 0 Å². The first kappa shape index (κ1) is 10.4. The zero-order valence-electron chi connectivity index (χ0n) is 9.10. The Bertz CT molecular complexity index is 357. The van der Waals surface area contributed by atoms with Gasteiger partial charge in [0.2, 0.25) is 0 Å². The maximum absolute atomic E-state index is 13.5. The van der Waals surface area contributed by atoms with E-state index in [4.69, 9.17) is 0 Å². The summed E-state index contributed by atoms with van der Waals surface area (Å²) in [5, 5.41) is 13.2. The van der Waals surface area contributed by atoms with Gasteiger partial charge in [0.25, 0.3) is 0 Å². The van der Waals surface area contributed by atoms with Crippen molar-refractivity contribution >= 4 is 0 Å². The predicted octanol–water partition coefficient (Wildman–Crippen LogP) is 2.57. The molecule has 0 aromatic heterocycles. The first-order valence-corrected chi connectivity index (χ1v) is 5.33. The number of phenolic OH excluding ortho intramolecular Hbond substituents is 1. The Morgan fingerprint density at radius 1 is 1.47 bits per heavy atom. The lowest BCUT2D eigenvalue weighted by atomic mass is 9.96. The summed E-state index contributed by atoms with van der Waals surface area (Å²) in [6.07, 6.45) is 2.05. The Kier molecular flexibility index (Phi) is 2.65. The summed E-state index contributed by atoms with van der Waals surface area (Å²) in [7, 11) is 0. The third-order valence-corrected chi connectivity index (χ3v) is 3.14. The standard InChI is InChI=1S/C12H16FNO/c1-7-6-9(13)8(2)11(12(7)15)10-4-3-5-14-10/h6,10,14-15H,3-5H2,1-2H3. The van der Waals surface area contributed by atoms with Crippen LogP contribution in [0.4, 0.5) is 4.39 Å². The molecule has 15 heavy (non-hydrogen) atoms. The minimum Gasteiger partial charge on any atom is -0.507 e. The number of phenols is 1. The highest BCUT2D eigenvalue weighted by Crippen LogP contribution is 2.36. The number of aryl methyl sites for hydroxylation is 1. The minimum atomic E-state index is -0.228. The molecule has 82 valence electrons. The van der Waals surface area contributed by atoms with Crippen LogP contribution in [0.2, 0.25) is 0 Å².